The molecule has 124 valence electrons. The zero-order chi connectivity index (χ0) is 16.7. The molecule has 2 rings (SSSR count). The van der Waals surface area contributed by atoms with Crippen LogP contribution in [0.2, 0.25) is 0 Å². The van der Waals surface area contributed by atoms with Gasteiger partial charge in [-0.3, -0.25) is 9.59 Å². The first kappa shape index (κ1) is 17.2. The summed E-state index contributed by atoms with van der Waals surface area (Å²) in [5.74, 6) is -0.525. The van der Waals surface area contributed by atoms with Crippen LogP contribution in [0.4, 0.5) is 0 Å². The molecule has 2 N–H and O–H groups in total. The highest BCUT2D eigenvalue weighted by atomic mass is 16.5. The lowest BCUT2D eigenvalue weighted by Gasteiger charge is -2.49. The molecule has 0 radical (unpaired) electrons. The molecule has 5 nitrogen and oxygen atoms in total. The van der Waals surface area contributed by atoms with Crippen molar-refractivity contribution in [2.45, 2.75) is 65.1 Å². The second-order valence-corrected chi connectivity index (χ2v) is 7.24. The summed E-state index contributed by atoms with van der Waals surface area (Å²) in [6, 6.07) is 0. The second-order valence-electron chi connectivity index (χ2n) is 7.24. The fourth-order valence-electron chi connectivity index (χ4n) is 3.77. The number of aliphatic hydroxyl groups is 2. The third kappa shape index (κ3) is 2.97. The van der Waals surface area contributed by atoms with Crippen molar-refractivity contribution in [3.63, 3.8) is 0 Å². The third-order valence-electron chi connectivity index (χ3n) is 5.58. The highest BCUT2D eigenvalue weighted by molar-refractivity contribution is 5.97. The molecule has 0 amide bonds. The molecule has 0 spiro atoms. The van der Waals surface area contributed by atoms with Crippen LogP contribution < -0.4 is 0 Å². The number of allylic oxidation sites excluding steroid dienone is 1. The van der Waals surface area contributed by atoms with Gasteiger partial charge in [-0.25, -0.2) is 0 Å². The van der Waals surface area contributed by atoms with Gasteiger partial charge in [-0.2, -0.15) is 0 Å². The minimum absolute atomic E-state index is 0.0137. The van der Waals surface area contributed by atoms with Crippen molar-refractivity contribution < 1.29 is 24.5 Å². The van der Waals surface area contributed by atoms with Gasteiger partial charge >= 0.3 is 5.97 Å². The van der Waals surface area contributed by atoms with E-state index in [1.54, 1.807) is 6.92 Å². The first-order valence-electron chi connectivity index (χ1n) is 7.85. The maximum Gasteiger partial charge on any atom is 0.302 e. The van der Waals surface area contributed by atoms with Crippen LogP contribution >= 0.6 is 0 Å². The molecule has 0 unspecified atom stereocenters. The molecule has 0 aromatic heterocycles. The summed E-state index contributed by atoms with van der Waals surface area (Å²) in [6.07, 6.45) is 1.53. The number of carbonyl (C=O) groups excluding carboxylic acids is 2. The largest absolute Gasteiger partial charge is 0.463 e. The van der Waals surface area contributed by atoms with Gasteiger partial charge in [0.2, 0.25) is 0 Å². The second kappa shape index (κ2) is 5.78. The molecular formula is C17H26O5. The van der Waals surface area contributed by atoms with Crippen molar-refractivity contribution in [1.82, 2.24) is 0 Å². The van der Waals surface area contributed by atoms with Gasteiger partial charge in [0.25, 0.3) is 0 Å². The first-order chi connectivity index (χ1) is 10.1. The Hall–Kier alpha value is -1.20. The van der Waals surface area contributed by atoms with Gasteiger partial charge in [0.1, 0.15) is 6.61 Å². The molecule has 1 fully saturated rings. The van der Waals surface area contributed by atoms with E-state index in [0.717, 1.165) is 24.0 Å². The molecule has 22 heavy (non-hydrogen) atoms. The number of carbonyl (C=O) groups is 2. The standard InChI is InChI=1S/C17H26O5/c1-10-13-7-12(17(4,21)9-22-11(2)18)5-6-16(13,3)15(20)8-14(10)19/h12,15,20-21H,5-9H2,1-4H3/t12-,15-,16-,17-/m0/s1. The van der Waals surface area contributed by atoms with E-state index in [4.69, 9.17) is 4.74 Å². The molecular weight excluding hydrogens is 284 g/mol. The Balaban J connectivity index is 2.23. The van der Waals surface area contributed by atoms with E-state index in [0.29, 0.717) is 6.42 Å². The van der Waals surface area contributed by atoms with Crippen molar-refractivity contribution in [2.24, 2.45) is 11.3 Å². The Labute approximate surface area is 131 Å². The van der Waals surface area contributed by atoms with Crippen LogP contribution in [0.3, 0.4) is 0 Å². The first-order valence-corrected chi connectivity index (χ1v) is 7.85. The van der Waals surface area contributed by atoms with Crippen LogP contribution in [-0.4, -0.2) is 40.3 Å². The van der Waals surface area contributed by atoms with Crippen LogP contribution in [0.1, 0.15) is 53.4 Å². The fraction of sp³-hybridized carbons (Fsp3) is 0.765. The zero-order valence-corrected chi connectivity index (χ0v) is 13.8. The Morgan fingerprint density at radius 3 is 2.68 bits per heavy atom. The molecule has 0 saturated heterocycles. The lowest BCUT2D eigenvalue weighted by molar-refractivity contribution is -0.152. The smallest absolute Gasteiger partial charge is 0.302 e. The molecule has 4 atom stereocenters. The number of hydrogen-bond acceptors (Lipinski definition) is 5. The number of hydrogen-bond donors (Lipinski definition) is 2. The van der Waals surface area contributed by atoms with E-state index in [2.05, 4.69) is 0 Å². The van der Waals surface area contributed by atoms with Crippen molar-refractivity contribution >= 4 is 11.8 Å². The van der Waals surface area contributed by atoms with E-state index >= 15 is 0 Å². The number of esters is 1. The Morgan fingerprint density at radius 1 is 1.45 bits per heavy atom. The summed E-state index contributed by atoms with van der Waals surface area (Å²) < 4.78 is 4.97. The third-order valence-corrected chi connectivity index (χ3v) is 5.58. The molecule has 1 saturated carbocycles. The summed E-state index contributed by atoms with van der Waals surface area (Å²) in [7, 11) is 0. The van der Waals surface area contributed by atoms with E-state index in [1.807, 2.05) is 13.8 Å². The van der Waals surface area contributed by atoms with Crippen molar-refractivity contribution in [3.05, 3.63) is 11.1 Å². The molecule has 0 aromatic rings. The minimum Gasteiger partial charge on any atom is -0.463 e. The minimum atomic E-state index is -1.13. The van der Waals surface area contributed by atoms with Crippen LogP contribution in [0, 0.1) is 11.3 Å². The number of ketones is 1. The number of ether oxygens (including phenoxy) is 1. The van der Waals surface area contributed by atoms with Crippen molar-refractivity contribution in [1.29, 1.82) is 0 Å². The van der Waals surface area contributed by atoms with E-state index in [-0.39, 0.29) is 30.1 Å². The van der Waals surface area contributed by atoms with Gasteiger partial charge in [-0.1, -0.05) is 12.5 Å². The predicted molar refractivity (Wildman–Crippen MR) is 81.0 cm³/mol. The topological polar surface area (TPSA) is 83.8 Å². The van der Waals surface area contributed by atoms with Gasteiger partial charge in [0, 0.05) is 18.8 Å². The quantitative estimate of drug-likeness (QED) is 0.776. The van der Waals surface area contributed by atoms with Crippen molar-refractivity contribution in [3.8, 4) is 0 Å². The Kier molecular flexibility index (Phi) is 4.51. The number of aliphatic hydroxyl groups excluding tert-OH is 1. The Morgan fingerprint density at radius 2 is 2.09 bits per heavy atom. The summed E-state index contributed by atoms with van der Waals surface area (Å²) in [5.41, 5.74) is 0.161. The maximum absolute atomic E-state index is 12.0. The number of Topliss-reactive ketones (excluding diaryl/α,β-unsaturated/α-hetero) is 1. The zero-order valence-electron chi connectivity index (χ0n) is 13.8. The predicted octanol–water partition coefficient (Wildman–Crippen LogP) is 1.76. The van der Waals surface area contributed by atoms with Crippen LogP contribution in [0.25, 0.3) is 0 Å². The molecule has 5 heteroatoms. The molecule has 0 heterocycles. The number of rotatable bonds is 3. The lowest BCUT2D eigenvalue weighted by Crippen LogP contribution is -2.49. The normalized spacial score (nSPS) is 34.9. The summed E-state index contributed by atoms with van der Waals surface area (Å²) in [5, 5.41) is 21.0. The van der Waals surface area contributed by atoms with Gasteiger partial charge in [0.05, 0.1) is 11.7 Å². The van der Waals surface area contributed by atoms with E-state index < -0.39 is 17.7 Å². The maximum atomic E-state index is 12.0. The molecule has 0 bridgehead atoms. The lowest BCUT2D eigenvalue weighted by atomic mass is 9.58. The molecule has 0 aromatic carbocycles. The summed E-state index contributed by atoms with van der Waals surface area (Å²) >= 11 is 0. The summed E-state index contributed by atoms with van der Waals surface area (Å²) in [6.45, 7) is 6.74. The van der Waals surface area contributed by atoms with E-state index in [1.165, 1.54) is 6.92 Å². The highest BCUT2D eigenvalue weighted by Gasteiger charge is 2.49. The van der Waals surface area contributed by atoms with Gasteiger partial charge in [-0.15, -0.1) is 0 Å². The SMILES string of the molecule is CC(=O)OC[C@](C)(O)[C@H]1CC[C@@]2(C)C(=C(C)C(=O)C[C@@H]2O)C1. The Bertz CT molecular complexity index is 519. The fourth-order valence-corrected chi connectivity index (χ4v) is 3.77. The monoisotopic (exact) mass is 310 g/mol. The number of fused-ring (bicyclic) bond motifs is 1. The van der Waals surface area contributed by atoms with Gasteiger partial charge < -0.3 is 14.9 Å². The van der Waals surface area contributed by atoms with Gasteiger partial charge in [0.15, 0.2) is 5.78 Å². The average molecular weight is 310 g/mol. The molecule has 2 aliphatic carbocycles. The molecule has 0 aliphatic heterocycles. The van der Waals surface area contributed by atoms with Crippen LogP contribution in [-0.2, 0) is 14.3 Å². The van der Waals surface area contributed by atoms with Gasteiger partial charge in [-0.05, 0) is 44.6 Å². The highest BCUT2D eigenvalue weighted by Crippen LogP contribution is 2.52. The summed E-state index contributed by atoms with van der Waals surface area (Å²) in [4.78, 5) is 23.0. The van der Waals surface area contributed by atoms with Crippen LogP contribution in [0.15, 0.2) is 11.1 Å². The van der Waals surface area contributed by atoms with Crippen molar-refractivity contribution in [2.75, 3.05) is 6.61 Å². The molecule has 2 aliphatic rings. The average Bonchev–Trinajstić information content (AvgIpc) is 2.43. The van der Waals surface area contributed by atoms with E-state index in [9.17, 15) is 19.8 Å². The van der Waals surface area contributed by atoms with Crippen LogP contribution in [0.5, 0.6) is 0 Å².